The van der Waals surface area contributed by atoms with Crippen molar-refractivity contribution in [2.24, 2.45) is 0 Å². The minimum atomic E-state index is -1.06. The van der Waals surface area contributed by atoms with E-state index in [0.29, 0.717) is 10.7 Å². The summed E-state index contributed by atoms with van der Waals surface area (Å²) in [5, 5.41) is 1.02. The van der Waals surface area contributed by atoms with E-state index < -0.39 is 42.5 Å². The van der Waals surface area contributed by atoms with E-state index in [1.165, 1.54) is 20.8 Å². The van der Waals surface area contributed by atoms with Gasteiger partial charge in [-0.3, -0.25) is 14.4 Å². The van der Waals surface area contributed by atoms with Gasteiger partial charge in [-0.1, -0.05) is 31.9 Å². The summed E-state index contributed by atoms with van der Waals surface area (Å²) in [6.07, 6.45) is -4.23. The third-order valence-electron chi connectivity index (χ3n) is 2.98. The SMILES string of the molecule is CC(=O)O[C@H]1[C@H](OC(CBr)CBr)OC[C@@H](OC(C)=O)[C@H]1OC(C)=O. The largest absolute Gasteiger partial charge is 0.456 e. The molecule has 10 heteroatoms. The van der Waals surface area contributed by atoms with Gasteiger partial charge >= 0.3 is 17.9 Å². The van der Waals surface area contributed by atoms with Crippen molar-refractivity contribution in [2.75, 3.05) is 17.3 Å². The summed E-state index contributed by atoms with van der Waals surface area (Å²) in [6, 6.07) is 0. The highest BCUT2D eigenvalue weighted by Gasteiger charge is 2.48. The van der Waals surface area contributed by atoms with Gasteiger partial charge in [-0.15, -0.1) is 0 Å². The van der Waals surface area contributed by atoms with Crippen LogP contribution in [0.4, 0.5) is 0 Å². The molecule has 8 nitrogen and oxygen atoms in total. The molecule has 0 saturated carbocycles. The molecule has 1 heterocycles. The van der Waals surface area contributed by atoms with Crippen molar-refractivity contribution in [1.29, 1.82) is 0 Å². The maximum atomic E-state index is 11.4. The van der Waals surface area contributed by atoms with E-state index in [1.54, 1.807) is 0 Å². The molecule has 24 heavy (non-hydrogen) atoms. The van der Waals surface area contributed by atoms with Gasteiger partial charge in [0.15, 0.2) is 24.6 Å². The summed E-state index contributed by atoms with van der Waals surface area (Å²) in [7, 11) is 0. The zero-order chi connectivity index (χ0) is 18.3. The molecule has 0 spiro atoms. The highest BCUT2D eigenvalue weighted by molar-refractivity contribution is 9.09. The minimum Gasteiger partial charge on any atom is -0.456 e. The van der Waals surface area contributed by atoms with Gasteiger partial charge in [-0.25, -0.2) is 0 Å². The first-order chi connectivity index (χ1) is 11.3. The first-order valence-electron chi connectivity index (χ1n) is 7.19. The average molecular weight is 476 g/mol. The van der Waals surface area contributed by atoms with Crippen molar-refractivity contribution in [3.05, 3.63) is 0 Å². The Bertz CT molecular complexity index is 454. The van der Waals surface area contributed by atoms with Crippen LogP contribution in [0.3, 0.4) is 0 Å². The molecule has 138 valence electrons. The Morgan fingerprint density at radius 3 is 1.92 bits per heavy atom. The van der Waals surface area contributed by atoms with Crippen molar-refractivity contribution in [3.63, 3.8) is 0 Å². The lowest BCUT2D eigenvalue weighted by Crippen LogP contribution is -2.58. The molecular formula is C14H20Br2O8. The molecule has 0 aliphatic carbocycles. The van der Waals surface area contributed by atoms with E-state index in [2.05, 4.69) is 31.9 Å². The molecule has 1 aliphatic rings. The normalized spacial score (nSPS) is 26.8. The molecule has 1 saturated heterocycles. The lowest BCUT2D eigenvalue weighted by molar-refractivity contribution is -0.287. The van der Waals surface area contributed by atoms with Crippen LogP contribution in [-0.4, -0.2) is 65.9 Å². The van der Waals surface area contributed by atoms with Crippen molar-refractivity contribution in [2.45, 2.75) is 51.5 Å². The monoisotopic (exact) mass is 474 g/mol. The maximum Gasteiger partial charge on any atom is 0.303 e. The van der Waals surface area contributed by atoms with Crippen molar-refractivity contribution in [3.8, 4) is 0 Å². The van der Waals surface area contributed by atoms with Crippen LogP contribution in [0.2, 0.25) is 0 Å². The van der Waals surface area contributed by atoms with Gasteiger partial charge in [0.25, 0.3) is 0 Å². The second-order valence-electron chi connectivity index (χ2n) is 5.06. The van der Waals surface area contributed by atoms with Crippen LogP contribution in [-0.2, 0) is 38.1 Å². The first kappa shape index (κ1) is 21.3. The van der Waals surface area contributed by atoms with Crippen LogP contribution in [0.15, 0.2) is 0 Å². The molecule has 0 aromatic rings. The number of carbonyl (C=O) groups excluding carboxylic acids is 3. The molecule has 0 bridgehead atoms. The van der Waals surface area contributed by atoms with Gasteiger partial charge in [0, 0.05) is 31.4 Å². The summed E-state index contributed by atoms with van der Waals surface area (Å²) < 4.78 is 26.9. The predicted molar refractivity (Wildman–Crippen MR) is 88.9 cm³/mol. The van der Waals surface area contributed by atoms with Crippen molar-refractivity contribution < 1.29 is 38.1 Å². The average Bonchev–Trinajstić information content (AvgIpc) is 2.48. The second-order valence-corrected chi connectivity index (χ2v) is 6.36. The van der Waals surface area contributed by atoms with E-state index in [-0.39, 0.29) is 12.7 Å². The highest BCUT2D eigenvalue weighted by atomic mass is 79.9. The fourth-order valence-electron chi connectivity index (χ4n) is 2.13. The number of halogens is 2. The summed E-state index contributed by atoms with van der Waals surface area (Å²) in [5.74, 6) is -1.78. The molecule has 0 radical (unpaired) electrons. The standard InChI is InChI=1S/C14H20Br2O8/c1-7(17)21-11-6-20-14(24-10(4-15)5-16)13(23-9(3)19)12(11)22-8(2)18/h10-14H,4-6H2,1-3H3/t11-,12-,13-,14+/m1/s1. The number of hydrogen-bond acceptors (Lipinski definition) is 8. The summed E-state index contributed by atoms with van der Waals surface area (Å²) in [5.41, 5.74) is 0. The Morgan fingerprint density at radius 2 is 1.46 bits per heavy atom. The molecule has 1 fully saturated rings. The predicted octanol–water partition coefficient (Wildman–Crippen LogP) is 1.31. The zero-order valence-electron chi connectivity index (χ0n) is 13.5. The van der Waals surface area contributed by atoms with Crippen LogP contribution in [0.5, 0.6) is 0 Å². The van der Waals surface area contributed by atoms with E-state index in [0.717, 1.165) is 0 Å². The fourth-order valence-corrected chi connectivity index (χ4v) is 3.51. The molecule has 0 aromatic carbocycles. The fraction of sp³-hybridized carbons (Fsp3) is 0.786. The Labute approximate surface area is 156 Å². The van der Waals surface area contributed by atoms with E-state index in [9.17, 15) is 14.4 Å². The third-order valence-corrected chi connectivity index (χ3v) is 4.42. The lowest BCUT2D eigenvalue weighted by atomic mass is 10.0. The Balaban J connectivity index is 3.03. The molecule has 0 unspecified atom stereocenters. The summed E-state index contributed by atoms with van der Waals surface area (Å²) >= 11 is 6.60. The Morgan fingerprint density at radius 1 is 0.958 bits per heavy atom. The Kier molecular flexibility index (Phi) is 9.17. The van der Waals surface area contributed by atoms with Gasteiger partial charge in [0.2, 0.25) is 0 Å². The topological polar surface area (TPSA) is 97.4 Å². The van der Waals surface area contributed by atoms with Crippen molar-refractivity contribution in [1.82, 2.24) is 0 Å². The van der Waals surface area contributed by atoms with Crippen LogP contribution in [0, 0.1) is 0 Å². The summed E-state index contributed by atoms with van der Waals surface area (Å²) in [4.78, 5) is 34.1. The quantitative estimate of drug-likeness (QED) is 0.309. The zero-order valence-corrected chi connectivity index (χ0v) is 16.7. The van der Waals surface area contributed by atoms with Gasteiger partial charge in [-0.2, -0.15) is 0 Å². The van der Waals surface area contributed by atoms with Crippen LogP contribution >= 0.6 is 31.9 Å². The number of hydrogen-bond donors (Lipinski definition) is 0. The minimum absolute atomic E-state index is 0.0583. The van der Waals surface area contributed by atoms with Crippen LogP contribution < -0.4 is 0 Å². The third kappa shape index (κ3) is 6.66. The molecule has 1 rings (SSSR count). The smallest absolute Gasteiger partial charge is 0.303 e. The van der Waals surface area contributed by atoms with Gasteiger partial charge in [0.05, 0.1) is 12.7 Å². The Hall–Kier alpha value is -0.710. The van der Waals surface area contributed by atoms with Gasteiger partial charge in [-0.05, 0) is 0 Å². The molecule has 1 aliphatic heterocycles. The van der Waals surface area contributed by atoms with Crippen LogP contribution in [0.1, 0.15) is 20.8 Å². The molecule has 4 atom stereocenters. The molecule has 0 amide bonds. The second kappa shape index (κ2) is 10.3. The van der Waals surface area contributed by atoms with Crippen LogP contribution in [0.25, 0.3) is 0 Å². The number of esters is 3. The number of alkyl halides is 2. The maximum absolute atomic E-state index is 11.4. The number of ether oxygens (including phenoxy) is 5. The lowest BCUT2D eigenvalue weighted by Gasteiger charge is -2.40. The van der Waals surface area contributed by atoms with Crippen molar-refractivity contribution >= 4 is 49.8 Å². The van der Waals surface area contributed by atoms with Gasteiger partial charge in [0.1, 0.15) is 0 Å². The highest BCUT2D eigenvalue weighted by Crippen LogP contribution is 2.26. The van der Waals surface area contributed by atoms with Gasteiger partial charge < -0.3 is 23.7 Å². The van der Waals surface area contributed by atoms with E-state index in [4.69, 9.17) is 23.7 Å². The molecule has 0 N–H and O–H groups in total. The number of rotatable bonds is 7. The first-order valence-corrected chi connectivity index (χ1v) is 9.43. The molecule has 0 aromatic heterocycles. The summed E-state index contributed by atoms with van der Waals surface area (Å²) in [6.45, 7) is 3.59. The molecular weight excluding hydrogens is 456 g/mol. The van der Waals surface area contributed by atoms with E-state index >= 15 is 0 Å². The number of carbonyl (C=O) groups is 3. The van der Waals surface area contributed by atoms with E-state index in [1.807, 2.05) is 0 Å².